The van der Waals surface area contributed by atoms with Crippen molar-refractivity contribution in [3.63, 3.8) is 0 Å². The van der Waals surface area contributed by atoms with Crippen molar-refractivity contribution in [3.05, 3.63) is 59.2 Å². The van der Waals surface area contributed by atoms with Crippen molar-refractivity contribution in [2.24, 2.45) is 13.0 Å². The molecule has 1 aliphatic heterocycles. The Kier molecular flexibility index (Phi) is 4.55. The van der Waals surface area contributed by atoms with Gasteiger partial charge in [-0.05, 0) is 66.7 Å². The minimum Gasteiger partial charge on any atom is -0.450 e. The summed E-state index contributed by atoms with van der Waals surface area (Å²) >= 11 is 1.78. The number of pyridine rings is 1. The molecule has 0 amide bonds. The van der Waals surface area contributed by atoms with Gasteiger partial charge in [-0.2, -0.15) is 4.57 Å². The summed E-state index contributed by atoms with van der Waals surface area (Å²) in [5.41, 5.74) is 7.74. The highest BCUT2D eigenvalue weighted by atomic mass is 32.2. The summed E-state index contributed by atoms with van der Waals surface area (Å²) in [5.74, 6) is 2.56. The number of rotatable bonds is 3. The predicted octanol–water partition coefficient (Wildman–Crippen LogP) is 7.13. The molecule has 0 spiro atoms. The van der Waals surface area contributed by atoms with Crippen LogP contribution < -0.4 is 9.30 Å². The van der Waals surface area contributed by atoms with Crippen molar-refractivity contribution < 1.29 is 9.30 Å². The second-order valence-electron chi connectivity index (χ2n) is 8.89. The standard InChI is InChI=1S/C27H28NOS/c1-15(2)10-18-12-19-11-16(3)17(4)25-26(19)22(13-18)29-23-14-20-21(28(5)27(23)25)8-7-9-24(20)30-6/h7-9,11-15H,10H2,1-6H3/q+1. The molecule has 3 aromatic carbocycles. The first-order valence-electron chi connectivity index (χ1n) is 10.6. The van der Waals surface area contributed by atoms with Gasteiger partial charge in [-0.1, -0.05) is 32.0 Å². The van der Waals surface area contributed by atoms with E-state index in [2.05, 4.69) is 88.0 Å². The van der Waals surface area contributed by atoms with E-state index >= 15 is 0 Å². The number of ether oxygens (including phenoxy) is 1. The number of thioether (sulfide) groups is 1. The summed E-state index contributed by atoms with van der Waals surface area (Å²) in [6.07, 6.45) is 3.19. The van der Waals surface area contributed by atoms with E-state index in [9.17, 15) is 0 Å². The third-order valence-corrected chi connectivity index (χ3v) is 7.15. The van der Waals surface area contributed by atoms with Crippen LogP contribution in [0.5, 0.6) is 11.5 Å². The largest absolute Gasteiger partial charge is 0.450 e. The highest BCUT2D eigenvalue weighted by Crippen LogP contribution is 2.49. The van der Waals surface area contributed by atoms with Crippen molar-refractivity contribution in [3.8, 4) is 22.8 Å². The Morgan fingerprint density at radius 3 is 2.57 bits per heavy atom. The summed E-state index contributed by atoms with van der Waals surface area (Å²) in [4.78, 5) is 1.28. The van der Waals surface area contributed by atoms with E-state index in [1.807, 2.05) is 0 Å². The second-order valence-corrected chi connectivity index (χ2v) is 9.74. The SMILES string of the molecule is CSc1cccc2c1cc1c([n+]2C)-c2c(C)c(C)cc3cc(CC(C)C)cc(c23)O1. The summed E-state index contributed by atoms with van der Waals surface area (Å²) < 4.78 is 8.94. The average molecular weight is 415 g/mol. The van der Waals surface area contributed by atoms with Crippen LogP contribution in [0.2, 0.25) is 0 Å². The van der Waals surface area contributed by atoms with Crippen LogP contribution in [-0.4, -0.2) is 6.26 Å². The van der Waals surface area contributed by atoms with E-state index in [0.717, 1.165) is 17.9 Å². The number of hydrogen-bond acceptors (Lipinski definition) is 2. The van der Waals surface area contributed by atoms with E-state index < -0.39 is 0 Å². The maximum absolute atomic E-state index is 6.62. The minimum atomic E-state index is 0.613. The van der Waals surface area contributed by atoms with Crippen LogP contribution in [0.4, 0.5) is 0 Å². The minimum absolute atomic E-state index is 0.613. The summed E-state index contributed by atoms with van der Waals surface area (Å²) in [5, 5.41) is 3.77. The molecule has 0 aliphatic carbocycles. The molecule has 5 rings (SSSR count). The van der Waals surface area contributed by atoms with Gasteiger partial charge in [-0.15, -0.1) is 11.8 Å². The Balaban J connectivity index is 1.90. The average Bonchev–Trinajstić information content (AvgIpc) is 2.70. The Hall–Kier alpha value is -2.52. The lowest BCUT2D eigenvalue weighted by molar-refractivity contribution is -0.633. The summed E-state index contributed by atoms with van der Waals surface area (Å²) in [6.45, 7) is 9.01. The number of nitrogens with zero attached hydrogens (tertiary/aromatic N) is 1. The fraction of sp³-hybridized carbons (Fsp3) is 0.296. The van der Waals surface area contributed by atoms with Gasteiger partial charge in [0.1, 0.15) is 12.8 Å². The van der Waals surface area contributed by atoms with Gasteiger partial charge in [0.05, 0.1) is 10.9 Å². The zero-order chi connectivity index (χ0) is 21.2. The smallest absolute Gasteiger partial charge is 0.256 e. The molecule has 0 radical (unpaired) electrons. The molecule has 30 heavy (non-hydrogen) atoms. The molecule has 4 aromatic rings. The molecule has 0 N–H and O–H groups in total. The van der Waals surface area contributed by atoms with Crippen LogP contribution in [0.3, 0.4) is 0 Å². The molecule has 0 fully saturated rings. The van der Waals surface area contributed by atoms with Crippen molar-refractivity contribution >= 4 is 33.4 Å². The van der Waals surface area contributed by atoms with Gasteiger partial charge in [0.2, 0.25) is 5.52 Å². The monoisotopic (exact) mass is 414 g/mol. The second kappa shape index (κ2) is 7.02. The number of aryl methyl sites for hydroxylation is 2. The molecular formula is C27H28NOS+. The zero-order valence-electron chi connectivity index (χ0n) is 18.6. The van der Waals surface area contributed by atoms with Gasteiger partial charge < -0.3 is 4.74 Å². The molecule has 0 saturated carbocycles. The van der Waals surface area contributed by atoms with Crippen LogP contribution in [0.1, 0.15) is 30.5 Å². The topological polar surface area (TPSA) is 13.1 Å². The predicted molar refractivity (Wildman–Crippen MR) is 128 cm³/mol. The van der Waals surface area contributed by atoms with E-state index in [1.165, 1.54) is 54.5 Å². The molecule has 2 nitrogen and oxygen atoms in total. The number of hydrogen-bond donors (Lipinski definition) is 0. The molecular weight excluding hydrogens is 386 g/mol. The number of benzene rings is 3. The van der Waals surface area contributed by atoms with E-state index in [1.54, 1.807) is 11.8 Å². The number of fused-ring (bicyclic) bond motifs is 3. The first-order chi connectivity index (χ1) is 14.4. The van der Waals surface area contributed by atoms with Gasteiger partial charge in [-0.3, -0.25) is 0 Å². The lowest BCUT2D eigenvalue weighted by atomic mass is 9.88. The Morgan fingerprint density at radius 2 is 1.83 bits per heavy atom. The van der Waals surface area contributed by atoms with Crippen LogP contribution >= 0.6 is 11.8 Å². The van der Waals surface area contributed by atoms with Gasteiger partial charge in [0, 0.05) is 22.4 Å². The highest BCUT2D eigenvalue weighted by molar-refractivity contribution is 7.98. The van der Waals surface area contributed by atoms with Crippen molar-refractivity contribution in [1.82, 2.24) is 0 Å². The summed E-state index contributed by atoms with van der Waals surface area (Å²) in [6, 6.07) is 15.7. The fourth-order valence-corrected chi connectivity index (χ4v) is 5.49. The van der Waals surface area contributed by atoms with Crippen LogP contribution in [0.15, 0.2) is 47.4 Å². The lowest BCUT2D eigenvalue weighted by Crippen LogP contribution is -2.33. The van der Waals surface area contributed by atoms with Crippen LogP contribution in [0.25, 0.3) is 32.9 Å². The Morgan fingerprint density at radius 1 is 1.03 bits per heavy atom. The molecule has 0 saturated heterocycles. The molecule has 152 valence electrons. The molecule has 0 unspecified atom stereocenters. The quantitative estimate of drug-likeness (QED) is 0.230. The third-order valence-electron chi connectivity index (χ3n) is 6.35. The Bertz CT molecular complexity index is 1340. The first kappa shape index (κ1) is 19.4. The molecule has 3 heteroatoms. The first-order valence-corrected chi connectivity index (χ1v) is 11.9. The van der Waals surface area contributed by atoms with Gasteiger partial charge in [0.25, 0.3) is 5.69 Å². The van der Waals surface area contributed by atoms with Gasteiger partial charge in [-0.25, -0.2) is 0 Å². The van der Waals surface area contributed by atoms with E-state index in [4.69, 9.17) is 4.74 Å². The molecule has 1 aliphatic rings. The maximum atomic E-state index is 6.62. The molecule has 2 heterocycles. The van der Waals surface area contributed by atoms with Crippen molar-refractivity contribution in [2.45, 2.75) is 39.0 Å². The van der Waals surface area contributed by atoms with Crippen molar-refractivity contribution in [1.29, 1.82) is 0 Å². The molecule has 1 aromatic heterocycles. The van der Waals surface area contributed by atoms with Crippen LogP contribution in [-0.2, 0) is 13.5 Å². The van der Waals surface area contributed by atoms with Gasteiger partial charge in [0.15, 0.2) is 5.75 Å². The molecule has 0 bridgehead atoms. The lowest BCUT2D eigenvalue weighted by Gasteiger charge is -2.23. The normalized spacial score (nSPS) is 12.5. The van der Waals surface area contributed by atoms with Crippen LogP contribution in [0, 0.1) is 19.8 Å². The maximum Gasteiger partial charge on any atom is 0.256 e. The van der Waals surface area contributed by atoms with Gasteiger partial charge >= 0.3 is 0 Å². The highest BCUT2D eigenvalue weighted by Gasteiger charge is 2.32. The third kappa shape index (κ3) is 2.83. The Labute approximate surface area is 182 Å². The zero-order valence-corrected chi connectivity index (χ0v) is 19.4. The van der Waals surface area contributed by atoms with Crippen molar-refractivity contribution in [2.75, 3.05) is 6.26 Å². The number of aromatic nitrogens is 1. The summed E-state index contributed by atoms with van der Waals surface area (Å²) in [7, 11) is 2.17. The van der Waals surface area contributed by atoms with E-state index in [0.29, 0.717) is 5.92 Å². The fourth-order valence-electron chi connectivity index (χ4n) is 4.89. The molecule has 0 atom stereocenters. The van der Waals surface area contributed by atoms with E-state index in [-0.39, 0.29) is 0 Å².